The zero-order chi connectivity index (χ0) is 24.9. The molecule has 0 bridgehead atoms. The van der Waals surface area contributed by atoms with Gasteiger partial charge in [-0.25, -0.2) is 4.79 Å². The smallest absolute Gasteiger partial charge is 0.344 e. The molecule has 4 rings (SSSR count). The van der Waals surface area contributed by atoms with Crippen molar-refractivity contribution in [3.63, 3.8) is 0 Å². The summed E-state index contributed by atoms with van der Waals surface area (Å²) in [7, 11) is 1.47. The van der Waals surface area contributed by atoms with Crippen LogP contribution in [0.1, 0.15) is 18.1 Å². The summed E-state index contributed by atoms with van der Waals surface area (Å²) >= 11 is 4.36. The molecule has 0 N–H and O–H groups in total. The number of hydrogen-bond acceptors (Lipinski definition) is 7. The summed E-state index contributed by atoms with van der Waals surface area (Å²) in [4.78, 5) is 39.0. The number of carbonyl (C=O) groups excluding carboxylic acids is 3. The highest BCUT2D eigenvalue weighted by molar-refractivity contribution is 9.10. The van der Waals surface area contributed by atoms with Crippen LogP contribution in [0.3, 0.4) is 0 Å². The fourth-order valence-corrected chi connectivity index (χ4v) is 4.92. The van der Waals surface area contributed by atoms with Gasteiger partial charge in [0.15, 0.2) is 18.1 Å². The molecule has 2 amide bonds. The molecule has 0 unspecified atom stereocenters. The van der Waals surface area contributed by atoms with Crippen LogP contribution >= 0.6 is 27.7 Å². The Kier molecular flexibility index (Phi) is 7.77. The number of fused-ring (bicyclic) bond motifs is 1. The van der Waals surface area contributed by atoms with Crippen LogP contribution in [0, 0.1) is 0 Å². The summed E-state index contributed by atoms with van der Waals surface area (Å²) < 4.78 is 16.4. The molecule has 9 heteroatoms. The average Bonchev–Trinajstić information content (AvgIpc) is 3.11. The molecular formula is C26H22BrNO6S. The molecule has 0 radical (unpaired) electrons. The van der Waals surface area contributed by atoms with Gasteiger partial charge in [-0.1, -0.05) is 58.4 Å². The molecule has 0 aromatic heterocycles. The van der Waals surface area contributed by atoms with E-state index in [9.17, 15) is 14.4 Å². The van der Waals surface area contributed by atoms with Crippen molar-refractivity contribution in [2.45, 2.75) is 13.5 Å². The molecule has 1 aliphatic heterocycles. The molecule has 180 valence electrons. The van der Waals surface area contributed by atoms with E-state index >= 15 is 0 Å². The molecule has 0 spiro atoms. The van der Waals surface area contributed by atoms with Gasteiger partial charge < -0.3 is 14.2 Å². The normalized spacial score (nSPS) is 14.6. The number of esters is 1. The Morgan fingerprint density at radius 2 is 1.86 bits per heavy atom. The summed E-state index contributed by atoms with van der Waals surface area (Å²) in [5, 5.41) is 1.73. The van der Waals surface area contributed by atoms with Gasteiger partial charge in [0.1, 0.15) is 0 Å². The predicted molar refractivity (Wildman–Crippen MR) is 138 cm³/mol. The standard InChI is InChI=1S/C26H22BrNO6S/c1-3-33-24(29)15-34-22-13-20(27)18(11-21(22)32-2)12-23-25(30)28(26(31)35-23)14-17-9-6-8-16-7-4-5-10-19(16)17/h4-13H,3,14-15H2,1-2H3/b23-12+. The molecular weight excluding hydrogens is 534 g/mol. The highest BCUT2D eigenvalue weighted by atomic mass is 79.9. The van der Waals surface area contributed by atoms with Crippen molar-refractivity contribution >= 4 is 61.7 Å². The molecule has 3 aromatic carbocycles. The van der Waals surface area contributed by atoms with Crippen LogP contribution in [-0.4, -0.2) is 42.3 Å². The molecule has 3 aromatic rings. The zero-order valence-electron chi connectivity index (χ0n) is 19.1. The van der Waals surface area contributed by atoms with E-state index in [4.69, 9.17) is 14.2 Å². The Morgan fingerprint density at radius 3 is 2.63 bits per heavy atom. The second-order valence-electron chi connectivity index (χ2n) is 7.52. The lowest BCUT2D eigenvalue weighted by atomic mass is 10.0. The van der Waals surface area contributed by atoms with Gasteiger partial charge in [-0.15, -0.1) is 0 Å². The van der Waals surface area contributed by atoms with Gasteiger partial charge >= 0.3 is 5.97 Å². The maximum Gasteiger partial charge on any atom is 0.344 e. The average molecular weight is 556 g/mol. The molecule has 7 nitrogen and oxygen atoms in total. The number of carbonyl (C=O) groups is 3. The van der Waals surface area contributed by atoms with E-state index in [-0.39, 0.29) is 30.9 Å². The summed E-state index contributed by atoms with van der Waals surface area (Å²) in [5.74, 6) is -0.136. The quantitative estimate of drug-likeness (QED) is 0.257. The lowest BCUT2D eigenvalue weighted by molar-refractivity contribution is -0.145. The van der Waals surface area contributed by atoms with E-state index in [1.807, 2.05) is 42.5 Å². The molecule has 0 saturated carbocycles. The van der Waals surface area contributed by atoms with E-state index < -0.39 is 5.97 Å². The summed E-state index contributed by atoms with van der Waals surface area (Å²) in [5.41, 5.74) is 1.53. The van der Waals surface area contributed by atoms with Crippen molar-refractivity contribution in [2.24, 2.45) is 0 Å². The first-order valence-corrected chi connectivity index (χ1v) is 12.4. The zero-order valence-corrected chi connectivity index (χ0v) is 21.5. The number of benzene rings is 3. The highest BCUT2D eigenvalue weighted by Crippen LogP contribution is 2.38. The van der Waals surface area contributed by atoms with Gasteiger partial charge in [0.2, 0.25) is 0 Å². The van der Waals surface area contributed by atoms with Crippen molar-refractivity contribution in [1.82, 2.24) is 4.90 Å². The molecule has 0 atom stereocenters. The van der Waals surface area contributed by atoms with E-state index in [1.54, 1.807) is 25.1 Å². The van der Waals surface area contributed by atoms with Gasteiger partial charge in [0, 0.05) is 4.47 Å². The second-order valence-corrected chi connectivity index (χ2v) is 9.37. The Labute approximate surface area is 215 Å². The third-order valence-corrected chi connectivity index (χ3v) is 6.90. The van der Waals surface area contributed by atoms with Gasteiger partial charge in [0.25, 0.3) is 11.1 Å². The van der Waals surface area contributed by atoms with Crippen molar-refractivity contribution < 1.29 is 28.6 Å². The van der Waals surface area contributed by atoms with Crippen LogP contribution in [-0.2, 0) is 20.9 Å². The van der Waals surface area contributed by atoms with Crippen LogP contribution in [0.15, 0.2) is 64.0 Å². The number of methoxy groups -OCH3 is 1. The number of hydrogen-bond donors (Lipinski definition) is 0. The van der Waals surface area contributed by atoms with Crippen molar-refractivity contribution in [3.05, 3.63) is 75.1 Å². The Hall–Kier alpha value is -3.30. The number of ether oxygens (including phenoxy) is 3. The largest absolute Gasteiger partial charge is 0.493 e. The molecule has 35 heavy (non-hydrogen) atoms. The highest BCUT2D eigenvalue weighted by Gasteiger charge is 2.35. The minimum absolute atomic E-state index is 0.189. The van der Waals surface area contributed by atoms with Crippen LogP contribution in [0.5, 0.6) is 11.5 Å². The van der Waals surface area contributed by atoms with E-state index in [0.717, 1.165) is 28.1 Å². The lowest BCUT2D eigenvalue weighted by Gasteiger charge is -2.14. The van der Waals surface area contributed by atoms with Crippen LogP contribution in [0.25, 0.3) is 16.8 Å². The van der Waals surface area contributed by atoms with Gasteiger partial charge in [-0.3, -0.25) is 14.5 Å². The number of rotatable bonds is 8. The molecule has 0 aliphatic carbocycles. The Balaban J connectivity index is 1.56. The lowest BCUT2D eigenvalue weighted by Crippen LogP contribution is -2.27. The predicted octanol–water partition coefficient (Wildman–Crippen LogP) is 5.79. The maximum atomic E-state index is 13.1. The topological polar surface area (TPSA) is 82.1 Å². The first-order valence-electron chi connectivity index (χ1n) is 10.8. The second kappa shape index (κ2) is 11.0. The van der Waals surface area contributed by atoms with Gasteiger partial charge in [0.05, 0.1) is 25.2 Å². The third kappa shape index (κ3) is 5.52. The molecule has 1 heterocycles. The van der Waals surface area contributed by atoms with E-state index in [0.29, 0.717) is 26.4 Å². The Morgan fingerprint density at radius 1 is 1.09 bits per heavy atom. The van der Waals surface area contributed by atoms with Crippen molar-refractivity contribution in [3.8, 4) is 11.5 Å². The number of nitrogens with zero attached hydrogens (tertiary/aromatic N) is 1. The number of amides is 2. The first kappa shape index (κ1) is 24.8. The fourth-order valence-electron chi connectivity index (χ4n) is 3.65. The molecule has 1 fully saturated rings. The SMILES string of the molecule is CCOC(=O)COc1cc(Br)c(/C=C2/SC(=O)N(Cc3cccc4ccccc34)C2=O)cc1OC. The summed E-state index contributed by atoms with van der Waals surface area (Å²) in [6.45, 7) is 1.91. The summed E-state index contributed by atoms with van der Waals surface area (Å²) in [6.07, 6.45) is 1.63. The molecule has 1 aliphatic rings. The van der Waals surface area contributed by atoms with Gasteiger partial charge in [-0.2, -0.15) is 0 Å². The van der Waals surface area contributed by atoms with Gasteiger partial charge in [-0.05, 0) is 58.8 Å². The minimum atomic E-state index is -0.491. The monoisotopic (exact) mass is 555 g/mol. The number of imide groups is 1. The Bertz CT molecular complexity index is 1330. The first-order chi connectivity index (χ1) is 16.9. The molecule has 1 saturated heterocycles. The van der Waals surface area contributed by atoms with Crippen molar-refractivity contribution in [1.29, 1.82) is 0 Å². The van der Waals surface area contributed by atoms with Crippen LogP contribution < -0.4 is 9.47 Å². The van der Waals surface area contributed by atoms with Crippen LogP contribution in [0.2, 0.25) is 0 Å². The summed E-state index contributed by atoms with van der Waals surface area (Å²) in [6, 6.07) is 17.0. The maximum absolute atomic E-state index is 13.1. The third-order valence-electron chi connectivity index (χ3n) is 5.30. The van der Waals surface area contributed by atoms with Crippen LogP contribution in [0.4, 0.5) is 4.79 Å². The van der Waals surface area contributed by atoms with E-state index in [2.05, 4.69) is 15.9 Å². The number of thioether (sulfide) groups is 1. The van der Waals surface area contributed by atoms with E-state index in [1.165, 1.54) is 12.0 Å². The fraction of sp³-hybridized carbons (Fsp3) is 0.192. The number of halogens is 1. The minimum Gasteiger partial charge on any atom is -0.493 e. The van der Waals surface area contributed by atoms with Crippen molar-refractivity contribution in [2.75, 3.05) is 20.3 Å².